The van der Waals surface area contributed by atoms with Crippen LogP contribution in [0.3, 0.4) is 0 Å². The third-order valence-corrected chi connectivity index (χ3v) is 3.68. The van der Waals surface area contributed by atoms with Gasteiger partial charge in [-0.15, -0.1) is 0 Å². The fourth-order valence-corrected chi connectivity index (χ4v) is 2.76. The van der Waals surface area contributed by atoms with E-state index in [1.165, 1.54) is 6.20 Å². The number of aliphatic hydroxyl groups excluding tert-OH is 2. The van der Waals surface area contributed by atoms with Gasteiger partial charge in [0.25, 0.3) is 5.56 Å². The molecule has 1 saturated heterocycles. The van der Waals surface area contributed by atoms with Gasteiger partial charge >= 0.3 is 5.69 Å². The van der Waals surface area contributed by atoms with Crippen LogP contribution in [0.15, 0.2) is 21.9 Å². The average Bonchev–Trinajstić information content (AvgIpc) is 2.66. The highest BCUT2D eigenvalue weighted by molar-refractivity contribution is 8.04. The van der Waals surface area contributed by atoms with Gasteiger partial charge in [0.15, 0.2) is 0 Å². The number of H-pyrrole nitrogens is 1. The first-order valence-electron chi connectivity index (χ1n) is 5.39. The van der Waals surface area contributed by atoms with Gasteiger partial charge in [0, 0.05) is 30.4 Å². The molecule has 0 radical (unpaired) electrons. The number of ether oxygens (including phenoxy) is 1. The summed E-state index contributed by atoms with van der Waals surface area (Å²) in [5.41, 5.74) is -1.32. The molecular weight excluding hydrogens is 274 g/mol. The molecule has 3 N–H and O–H groups in total. The first-order chi connectivity index (χ1) is 9.02. The lowest BCUT2D eigenvalue weighted by molar-refractivity contribution is -0.0642. The molecule has 0 aromatic carbocycles. The molecule has 2 heterocycles. The summed E-state index contributed by atoms with van der Waals surface area (Å²) in [5.74, 6) is 0. The maximum absolute atomic E-state index is 11.8. The minimum Gasteiger partial charge on any atom is -0.394 e. The lowest BCUT2D eigenvalue weighted by atomic mass is 10.2. The number of thioether (sulfide) groups is 1. The standard InChI is InChI=1S/C10H11N3O5S/c11-5-19-10(3-6(15)7(4-14)18-10)13-2-1-8(16)12-9(13)17/h1-2,6-7,14-15H,3-4H2,(H,12,16,17)/t6-,7+,10-/m0/s1. The number of hydrogen-bond acceptors (Lipinski definition) is 7. The molecule has 102 valence electrons. The van der Waals surface area contributed by atoms with E-state index in [-0.39, 0.29) is 6.42 Å². The number of nitrogens with one attached hydrogen (secondary N) is 1. The van der Waals surface area contributed by atoms with Crippen LogP contribution in [-0.4, -0.2) is 38.6 Å². The van der Waals surface area contributed by atoms with Gasteiger partial charge in [0.2, 0.25) is 5.06 Å². The molecule has 1 aromatic heterocycles. The number of aliphatic hydroxyl groups is 2. The van der Waals surface area contributed by atoms with E-state index in [0.29, 0.717) is 11.8 Å². The molecular formula is C10H11N3O5S. The molecule has 8 nitrogen and oxygen atoms in total. The largest absolute Gasteiger partial charge is 0.394 e. The fraction of sp³-hybridized carbons (Fsp3) is 0.500. The normalized spacial score (nSPS) is 30.2. The summed E-state index contributed by atoms with van der Waals surface area (Å²) >= 11 is 0.635. The van der Waals surface area contributed by atoms with Crippen molar-refractivity contribution in [1.82, 2.24) is 9.55 Å². The Morgan fingerprint density at radius 1 is 1.68 bits per heavy atom. The van der Waals surface area contributed by atoms with E-state index in [4.69, 9.17) is 15.1 Å². The van der Waals surface area contributed by atoms with E-state index in [2.05, 4.69) is 4.98 Å². The molecule has 0 saturated carbocycles. The highest BCUT2D eigenvalue weighted by Crippen LogP contribution is 2.42. The lowest BCUT2D eigenvalue weighted by Gasteiger charge is -2.26. The van der Waals surface area contributed by atoms with Crippen LogP contribution in [0, 0.1) is 10.7 Å². The van der Waals surface area contributed by atoms with Crippen molar-refractivity contribution in [1.29, 1.82) is 5.26 Å². The van der Waals surface area contributed by atoms with E-state index in [1.807, 2.05) is 0 Å². The van der Waals surface area contributed by atoms with Crippen molar-refractivity contribution in [3.05, 3.63) is 33.1 Å². The number of aromatic amines is 1. The van der Waals surface area contributed by atoms with Gasteiger partial charge in [-0.2, -0.15) is 5.26 Å². The average molecular weight is 285 g/mol. The topological polar surface area (TPSA) is 128 Å². The van der Waals surface area contributed by atoms with Crippen LogP contribution in [0.2, 0.25) is 0 Å². The molecule has 19 heavy (non-hydrogen) atoms. The Hall–Kier alpha value is -1.60. The third kappa shape index (κ3) is 2.43. The van der Waals surface area contributed by atoms with Crippen molar-refractivity contribution < 1.29 is 14.9 Å². The number of thiocyanates is 1. The van der Waals surface area contributed by atoms with Crippen molar-refractivity contribution in [2.24, 2.45) is 0 Å². The first-order valence-corrected chi connectivity index (χ1v) is 6.20. The summed E-state index contributed by atoms with van der Waals surface area (Å²) < 4.78 is 6.47. The van der Waals surface area contributed by atoms with Crippen LogP contribution in [0.1, 0.15) is 6.42 Å². The van der Waals surface area contributed by atoms with Crippen LogP contribution < -0.4 is 11.2 Å². The lowest BCUT2D eigenvalue weighted by Crippen LogP contribution is -2.41. The quantitative estimate of drug-likeness (QED) is 0.577. The van der Waals surface area contributed by atoms with E-state index in [0.717, 1.165) is 10.6 Å². The summed E-state index contributed by atoms with van der Waals surface area (Å²) in [6, 6.07) is 1.11. The van der Waals surface area contributed by atoms with Crippen LogP contribution in [0.4, 0.5) is 0 Å². The van der Waals surface area contributed by atoms with Gasteiger partial charge in [0.1, 0.15) is 11.5 Å². The van der Waals surface area contributed by atoms with Crippen molar-refractivity contribution >= 4 is 11.8 Å². The summed E-state index contributed by atoms with van der Waals surface area (Å²) in [7, 11) is 0. The number of nitriles is 1. The summed E-state index contributed by atoms with van der Waals surface area (Å²) in [6.07, 6.45) is -0.759. The van der Waals surface area contributed by atoms with Crippen LogP contribution in [0.25, 0.3) is 0 Å². The Labute approximate surface area is 111 Å². The zero-order valence-corrected chi connectivity index (χ0v) is 10.5. The highest BCUT2D eigenvalue weighted by atomic mass is 32.2. The number of hydrogen-bond donors (Lipinski definition) is 3. The molecule has 0 unspecified atom stereocenters. The molecule has 9 heteroatoms. The Balaban J connectivity index is 2.50. The molecule has 1 aromatic rings. The Morgan fingerprint density at radius 3 is 2.95 bits per heavy atom. The van der Waals surface area contributed by atoms with E-state index >= 15 is 0 Å². The van der Waals surface area contributed by atoms with Gasteiger partial charge in [-0.1, -0.05) is 0 Å². The molecule has 2 rings (SSSR count). The van der Waals surface area contributed by atoms with Gasteiger partial charge < -0.3 is 14.9 Å². The van der Waals surface area contributed by atoms with Crippen molar-refractivity contribution in [2.75, 3.05) is 6.61 Å². The van der Waals surface area contributed by atoms with E-state index in [1.54, 1.807) is 5.40 Å². The van der Waals surface area contributed by atoms with Gasteiger partial charge in [-0.05, 0) is 0 Å². The minimum absolute atomic E-state index is 0.0532. The fourth-order valence-electron chi connectivity index (χ4n) is 1.94. The van der Waals surface area contributed by atoms with Crippen LogP contribution in [0.5, 0.6) is 0 Å². The van der Waals surface area contributed by atoms with Crippen molar-refractivity contribution in [3.63, 3.8) is 0 Å². The molecule has 0 aliphatic carbocycles. The Kier molecular flexibility index (Phi) is 3.77. The SMILES string of the molecule is N#CS[C@]1(n2ccc(=O)[nH]c2=O)C[C@H](O)[C@@H](CO)O1. The number of rotatable bonds is 3. The van der Waals surface area contributed by atoms with E-state index < -0.39 is 35.1 Å². The number of aromatic nitrogens is 2. The summed E-state index contributed by atoms with van der Waals surface area (Å²) in [5, 5.41) is 28.0. The predicted molar refractivity (Wildman–Crippen MR) is 65.1 cm³/mol. The zero-order valence-electron chi connectivity index (χ0n) is 9.65. The molecule has 1 fully saturated rings. The summed E-state index contributed by atoms with van der Waals surface area (Å²) in [4.78, 5) is 24.9. The van der Waals surface area contributed by atoms with Crippen LogP contribution >= 0.6 is 11.8 Å². The van der Waals surface area contributed by atoms with E-state index in [9.17, 15) is 14.7 Å². The van der Waals surface area contributed by atoms with Gasteiger partial charge in [-0.25, -0.2) is 4.79 Å². The van der Waals surface area contributed by atoms with Crippen LogP contribution in [-0.2, 0) is 9.79 Å². The molecule has 1 aliphatic rings. The molecule has 3 atom stereocenters. The highest BCUT2D eigenvalue weighted by Gasteiger charge is 2.49. The van der Waals surface area contributed by atoms with Crippen molar-refractivity contribution in [3.8, 4) is 5.40 Å². The smallest absolute Gasteiger partial charge is 0.331 e. The first kappa shape index (κ1) is 13.8. The van der Waals surface area contributed by atoms with Gasteiger partial charge in [-0.3, -0.25) is 14.3 Å². The second kappa shape index (κ2) is 5.18. The zero-order chi connectivity index (χ0) is 14.0. The second-order valence-electron chi connectivity index (χ2n) is 4.00. The predicted octanol–water partition coefficient (Wildman–Crippen LogP) is -1.50. The molecule has 0 amide bonds. The second-order valence-corrected chi connectivity index (χ2v) is 5.02. The maximum atomic E-state index is 11.8. The van der Waals surface area contributed by atoms with Gasteiger partial charge in [0.05, 0.1) is 12.7 Å². The monoisotopic (exact) mass is 285 g/mol. The maximum Gasteiger partial charge on any atom is 0.331 e. The summed E-state index contributed by atoms with van der Waals surface area (Å²) in [6.45, 7) is -0.437. The third-order valence-electron chi connectivity index (χ3n) is 2.81. The number of nitrogens with zero attached hydrogens (tertiary/aromatic N) is 2. The molecule has 0 spiro atoms. The molecule has 0 bridgehead atoms. The Morgan fingerprint density at radius 2 is 2.42 bits per heavy atom. The Bertz CT molecular complexity index is 621. The molecule has 1 aliphatic heterocycles. The minimum atomic E-state index is -1.46. The van der Waals surface area contributed by atoms with Crippen molar-refractivity contribution in [2.45, 2.75) is 23.7 Å².